The van der Waals surface area contributed by atoms with E-state index < -0.39 is 11.7 Å². The number of anilines is 1. The number of nitrogens with one attached hydrogen (secondary N) is 2. The van der Waals surface area contributed by atoms with E-state index in [9.17, 15) is 18.0 Å². The first-order valence-electron chi connectivity index (χ1n) is 9.58. The average Bonchev–Trinajstić information content (AvgIpc) is 3.15. The molecule has 150 valence electrons. The summed E-state index contributed by atoms with van der Waals surface area (Å²) in [6.07, 6.45) is 0.317. The molecule has 2 bridgehead atoms. The Morgan fingerprint density at radius 1 is 1.25 bits per heavy atom. The summed E-state index contributed by atoms with van der Waals surface area (Å²) in [7, 11) is 0. The van der Waals surface area contributed by atoms with Gasteiger partial charge in [-0.25, -0.2) is 4.68 Å². The van der Waals surface area contributed by atoms with Crippen molar-refractivity contribution in [3.8, 4) is 5.69 Å². The summed E-state index contributed by atoms with van der Waals surface area (Å²) in [6.45, 7) is 1.74. The van der Waals surface area contributed by atoms with E-state index in [2.05, 4.69) is 15.7 Å². The fourth-order valence-corrected chi connectivity index (χ4v) is 4.40. The highest BCUT2D eigenvalue weighted by Gasteiger charge is 2.34. The molecule has 1 aromatic carbocycles. The molecule has 0 aliphatic carbocycles. The fourth-order valence-electron chi connectivity index (χ4n) is 4.40. The van der Waals surface area contributed by atoms with Crippen molar-refractivity contribution in [1.82, 2.24) is 15.1 Å². The van der Waals surface area contributed by atoms with Crippen molar-refractivity contribution in [2.45, 2.75) is 57.3 Å². The summed E-state index contributed by atoms with van der Waals surface area (Å²) in [4.78, 5) is 12.6. The zero-order chi connectivity index (χ0) is 19.9. The van der Waals surface area contributed by atoms with Crippen molar-refractivity contribution >= 4 is 11.7 Å². The SMILES string of the molecule is Cc1cc(NC(=O)CC2CC3CCC(C2)N3)n(-c2cccc(C(F)(F)F)c2)n1. The van der Waals surface area contributed by atoms with Gasteiger partial charge in [-0.15, -0.1) is 0 Å². The Balaban J connectivity index is 1.49. The van der Waals surface area contributed by atoms with E-state index in [0.717, 1.165) is 25.0 Å². The van der Waals surface area contributed by atoms with Crippen LogP contribution in [0.2, 0.25) is 0 Å². The third-order valence-electron chi connectivity index (χ3n) is 5.56. The van der Waals surface area contributed by atoms with Crippen LogP contribution >= 0.6 is 0 Å². The number of aryl methyl sites for hydroxylation is 1. The van der Waals surface area contributed by atoms with Crippen LogP contribution in [-0.4, -0.2) is 27.8 Å². The van der Waals surface area contributed by atoms with E-state index in [1.165, 1.54) is 23.6 Å². The summed E-state index contributed by atoms with van der Waals surface area (Å²) in [5.74, 6) is 0.600. The maximum absolute atomic E-state index is 13.0. The second-order valence-electron chi connectivity index (χ2n) is 7.86. The Hall–Kier alpha value is -2.35. The van der Waals surface area contributed by atoms with Crippen LogP contribution in [0, 0.1) is 12.8 Å². The average molecular weight is 392 g/mol. The molecule has 2 saturated heterocycles. The van der Waals surface area contributed by atoms with Gasteiger partial charge in [0, 0.05) is 24.6 Å². The van der Waals surface area contributed by atoms with Crippen LogP contribution in [0.25, 0.3) is 5.69 Å². The molecule has 2 atom stereocenters. The summed E-state index contributed by atoms with van der Waals surface area (Å²) in [5, 5.41) is 10.7. The van der Waals surface area contributed by atoms with Gasteiger partial charge in [-0.05, 0) is 56.7 Å². The minimum atomic E-state index is -4.43. The van der Waals surface area contributed by atoms with Crippen LogP contribution in [0.3, 0.4) is 0 Å². The Morgan fingerprint density at radius 2 is 1.96 bits per heavy atom. The number of alkyl halides is 3. The van der Waals surface area contributed by atoms with E-state index in [0.29, 0.717) is 35.9 Å². The molecule has 4 rings (SSSR count). The topological polar surface area (TPSA) is 59.0 Å². The number of aromatic nitrogens is 2. The van der Waals surface area contributed by atoms with Crippen LogP contribution in [0.4, 0.5) is 19.0 Å². The number of rotatable bonds is 4. The van der Waals surface area contributed by atoms with Crippen LogP contribution in [0.5, 0.6) is 0 Å². The van der Waals surface area contributed by atoms with E-state index in [1.807, 2.05) is 0 Å². The Bertz CT molecular complexity index is 865. The molecule has 2 aliphatic heterocycles. The van der Waals surface area contributed by atoms with Crippen molar-refractivity contribution in [3.05, 3.63) is 41.6 Å². The van der Waals surface area contributed by atoms with E-state index in [-0.39, 0.29) is 11.6 Å². The van der Waals surface area contributed by atoms with Crippen molar-refractivity contribution < 1.29 is 18.0 Å². The second-order valence-corrected chi connectivity index (χ2v) is 7.86. The lowest BCUT2D eigenvalue weighted by Gasteiger charge is -2.28. The fraction of sp³-hybridized carbons (Fsp3) is 0.500. The van der Waals surface area contributed by atoms with Gasteiger partial charge in [-0.3, -0.25) is 4.79 Å². The molecule has 1 aromatic heterocycles. The summed E-state index contributed by atoms with van der Waals surface area (Å²) < 4.78 is 40.4. The molecular formula is C20H23F3N4O. The van der Waals surface area contributed by atoms with E-state index >= 15 is 0 Å². The van der Waals surface area contributed by atoms with Gasteiger partial charge in [0.05, 0.1) is 16.9 Å². The van der Waals surface area contributed by atoms with Gasteiger partial charge in [-0.2, -0.15) is 18.3 Å². The van der Waals surface area contributed by atoms with Gasteiger partial charge < -0.3 is 10.6 Å². The quantitative estimate of drug-likeness (QED) is 0.825. The van der Waals surface area contributed by atoms with Gasteiger partial charge in [0.2, 0.25) is 5.91 Å². The molecular weight excluding hydrogens is 369 g/mol. The molecule has 28 heavy (non-hydrogen) atoms. The molecule has 2 aliphatic rings. The van der Waals surface area contributed by atoms with Gasteiger partial charge in [0.1, 0.15) is 5.82 Å². The van der Waals surface area contributed by atoms with Crippen molar-refractivity contribution in [2.75, 3.05) is 5.32 Å². The van der Waals surface area contributed by atoms with Crippen LogP contribution < -0.4 is 10.6 Å². The summed E-state index contributed by atoms with van der Waals surface area (Å²) in [5.41, 5.74) is 0.131. The number of nitrogens with zero attached hydrogens (tertiary/aromatic N) is 2. The van der Waals surface area contributed by atoms with Gasteiger partial charge >= 0.3 is 6.18 Å². The lowest BCUT2D eigenvalue weighted by molar-refractivity contribution is -0.137. The number of benzene rings is 1. The zero-order valence-corrected chi connectivity index (χ0v) is 15.6. The number of hydrogen-bond donors (Lipinski definition) is 2. The molecule has 2 aromatic rings. The molecule has 3 heterocycles. The zero-order valence-electron chi connectivity index (χ0n) is 15.6. The van der Waals surface area contributed by atoms with Crippen LogP contribution in [-0.2, 0) is 11.0 Å². The number of piperidine rings is 1. The Kier molecular flexibility index (Phi) is 4.91. The normalized spacial score (nSPS) is 24.4. The maximum Gasteiger partial charge on any atom is 0.416 e. The van der Waals surface area contributed by atoms with Crippen molar-refractivity contribution in [3.63, 3.8) is 0 Å². The largest absolute Gasteiger partial charge is 0.416 e. The molecule has 2 fully saturated rings. The van der Waals surface area contributed by atoms with E-state index in [1.54, 1.807) is 19.1 Å². The highest BCUT2D eigenvalue weighted by atomic mass is 19.4. The standard InChI is InChI=1S/C20H23F3N4O/c1-12-7-18(25-19(28)10-13-8-15-5-6-16(9-13)24-15)27(26-12)17-4-2-3-14(11-17)20(21,22)23/h2-4,7,11,13,15-16,24H,5-6,8-10H2,1H3,(H,25,28). The Morgan fingerprint density at radius 3 is 2.64 bits per heavy atom. The third kappa shape index (κ3) is 4.06. The first kappa shape index (κ1) is 19.0. The molecule has 2 unspecified atom stereocenters. The number of carbonyl (C=O) groups excluding carboxylic acids is 1. The predicted octanol–water partition coefficient (Wildman–Crippen LogP) is 4.06. The van der Waals surface area contributed by atoms with Gasteiger partial charge in [0.25, 0.3) is 0 Å². The highest BCUT2D eigenvalue weighted by molar-refractivity contribution is 5.90. The minimum absolute atomic E-state index is 0.126. The monoisotopic (exact) mass is 392 g/mol. The molecule has 1 amide bonds. The molecule has 2 N–H and O–H groups in total. The second kappa shape index (κ2) is 7.24. The smallest absolute Gasteiger partial charge is 0.311 e. The number of carbonyl (C=O) groups is 1. The minimum Gasteiger partial charge on any atom is -0.311 e. The highest BCUT2D eigenvalue weighted by Crippen LogP contribution is 2.33. The number of fused-ring (bicyclic) bond motifs is 2. The lowest BCUT2D eigenvalue weighted by atomic mass is 9.89. The van der Waals surface area contributed by atoms with Crippen LogP contribution in [0.1, 0.15) is 43.4 Å². The first-order chi connectivity index (χ1) is 13.3. The number of halogens is 3. The summed E-state index contributed by atoms with van der Waals surface area (Å²) >= 11 is 0. The molecule has 5 nitrogen and oxygen atoms in total. The van der Waals surface area contributed by atoms with Gasteiger partial charge in [-0.1, -0.05) is 6.07 Å². The lowest BCUT2D eigenvalue weighted by Crippen LogP contribution is -2.39. The summed E-state index contributed by atoms with van der Waals surface area (Å²) in [6, 6.07) is 7.62. The first-order valence-corrected chi connectivity index (χ1v) is 9.58. The number of hydrogen-bond acceptors (Lipinski definition) is 3. The van der Waals surface area contributed by atoms with Crippen LogP contribution in [0.15, 0.2) is 30.3 Å². The molecule has 8 heteroatoms. The van der Waals surface area contributed by atoms with Crippen molar-refractivity contribution in [1.29, 1.82) is 0 Å². The predicted molar refractivity (Wildman–Crippen MR) is 99.2 cm³/mol. The molecule has 0 radical (unpaired) electrons. The van der Waals surface area contributed by atoms with E-state index in [4.69, 9.17) is 0 Å². The Labute approximate surface area is 161 Å². The molecule has 0 spiro atoms. The molecule has 0 saturated carbocycles. The third-order valence-corrected chi connectivity index (χ3v) is 5.56. The maximum atomic E-state index is 13.0. The van der Waals surface area contributed by atoms with Gasteiger partial charge in [0.15, 0.2) is 0 Å². The number of amides is 1. The van der Waals surface area contributed by atoms with Crippen molar-refractivity contribution in [2.24, 2.45) is 5.92 Å².